The number of aromatic nitrogens is 2. The van der Waals surface area contributed by atoms with Gasteiger partial charge >= 0.3 is 0 Å². The second-order valence-corrected chi connectivity index (χ2v) is 5.45. The van der Waals surface area contributed by atoms with Crippen molar-refractivity contribution in [3.05, 3.63) is 38.5 Å². The third-order valence-electron chi connectivity index (χ3n) is 2.52. The Kier molecular flexibility index (Phi) is 4.20. The maximum atomic E-state index is 6.19. The molecule has 0 amide bonds. The van der Waals surface area contributed by atoms with Crippen LogP contribution in [0.1, 0.15) is 12.6 Å². The summed E-state index contributed by atoms with van der Waals surface area (Å²) in [6.07, 6.45) is 1.98. The summed E-state index contributed by atoms with van der Waals surface area (Å²) in [5, 5.41) is 4.17. The molecule has 0 fully saturated rings. The minimum atomic E-state index is 0.481. The van der Waals surface area contributed by atoms with Crippen molar-refractivity contribution in [2.24, 2.45) is 0 Å². The molecular weight excluding hydrogens is 337 g/mol. The number of imidazole rings is 1. The summed E-state index contributed by atoms with van der Waals surface area (Å²) in [6.45, 7) is 4.85. The van der Waals surface area contributed by atoms with Crippen molar-refractivity contribution in [1.29, 1.82) is 0 Å². The second kappa shape index (κ2) is 5.51. The van der Waals surface area contributed by atoms with Crippen molar-refractivity contribution in [3.8, 4) is 0 Å². The van der Waals surface area contributed by atoms with Gasteiger partial charge in [0.1, 0.15) is 0 Å². The third kappa shape index (κ3) is 2.66. The fourth-order valence-electron chi connectivity index (χ4n) is 1.63. The molecule has 0 atom stereocenters. The van der Waals surface area contributed by atoms with Gasteiger partial charge in [0.2, 0.25) is 5.95 Å². The molecule has 2 aromatic rings. The van der Waals surface area contributed by atoms with Crippen LogP contribution in [0, 0.1) is 6.92 Å². The van der Waals surface area contributed by atoms with Crippen molar-refractivity contribution < 1.29 is 0 Å². The molecule has 6 heteroatoms. The normalized spacial score (nSPS) is 10.7. The van der Waals surface area contributed by atoms with Gasteiger partial charge in [-0.2, -0.15) is 0 Å². The van der Waals surface area contributed by atoms with E-state index in [0.717, 1.165) is 28.3 Å². The molecule has 2 rings (SSSR count). The van der Waals surface area contributed by atoms with Gasteiger partial charge in [-0.1, -0.05) is 23.2 Å². The van der Waals surface area contributed by atoms with E-state index in [4.69, 9.17) is 23.2 Å². The molecule has 0 saturated heterocycles. The van der Waals surface area contributed by atoms with Gasteiger partial charge in [0.15, 0.2) is 0 Å². The lowest BCUT2D eigenvalue weighted by atomic mass is 10.3. The van der Waals surface area contributed by atoms with Crippen LogP contribution < -0.4 is 5.32 Å². The van der Waals surface area contributed by atoms with Gasteiger partial charge in [0, 0.05) is 17.2 Å². The Hall–Kier alpha value is -0.710. The number of aryl methyl sites for hydroxylation is 2. The van der Waals surface area contributed by atoms with E-state index < -0.39 is 0 Å². The van der Waals surface area contributed by atoms with Crippen LogP contribution in [0.2, 0.25) is 10.0 Å². The minimum Gasteiger partial charge on any atom is -0.324 e. The second-order valence-electron chi connectivity index (χ2n) is 3.84. The van der Waals surface area contributed by atoms with Crippen LogP contribution in [0.25, 0.3) is 0 Å². The smallest absolute Gasteiger partial charge is 0.207 e. The zero-order chi connectivity index (χ0) is 13.3. The van der Waals surface area contributed by atoms with E-state index >= 15 is 0 Å². The fraction of sp³-hybridized carbons (Fsp3) is 0.250. The molecule has 18 heavy (non-hydrogen) atoms. The molecule has 96 valence electrons. The Morgan fingerprint density at radius 2 is 2.06 bits per heavy atom. The highest BCUT2D eigenvalue weighted by molar-refractivity contribution is 9.10. The molecule has 1 heterocycles. The summed E-state index contributed by atoms with van der Waals surface area (Å²) in [7, 11) is 0. The van der Waals surface area contributed by atoms with Gasteiger partial charge in [-0.15, -0.1) is 0 Å². The van der Waals surface area contributed by atoms with Crippen LogP contribution in [0.15, 0.2) is 22.8 Å². The van der Waals surface area contributed by atoms with Gasteiger partial charge in [0.25, 0.3) is 0 Å². The van der Waals surface area contributed by atoms with E-state index in [1.54, 1.807) is 0 Å². The molecule has 1 aromatic carbocycles. The van der Waals surface area contributed by atoms with Crippen molar-refractivity contribution in [3.63, 3.8) is 0 Å². The molecule has 0 unspecified atom stereocenters. The first-order chi connectivity index (χ1) is 8.52. The zero-order valence-electron chi connectivity index (χ0n) is 9.97. The SMILES string of the molecule is CCn1cc(C)nc1Nc1ccc(Br)c(Cl)c1Cl. The Bertz CT molecular complexity index is 581. The molecule has 0 aliphatic carbocycles. The topological polar surface area (TPSA) is 29.9 Å². The summed E-state index contributed by atoms with van der Waals surface area (Å²) in [4.78, 5) is 4.41. The van der Waals surface area contributed by atoms with E-state index in [1.165, 1.54) is 0 Å². The van der Waals surface area contributed by atoms with Crippen molar-refractivity contribution in [2.75, 3.05) is 5.32 Å². The van der Waals surface area contributed by atoms with Gasteiger partial charge in [-0.25, -0.2) is 4.98 Å². The van der Waals surface area contributed by atoms with Crippen LogP contribution in [-0.4, -0.2) is 9.55 Å². The molecule has 3 nitrogen and oxygen atoms in total. The van der Waals surface area contributed by atoms with Crippen LogP contribution in [-0.2, 0) is 6.54 Å². The highest BCUT2D eigenvalue weighted by Crippen LogP contribution is 2.36. The van der Waals surface area contributed by atoms with Gasteiger partial charge in [0.05, 0.1) is 21.4 Å². The molecule has 0 spiro atoms. The summed E-state index contributed by atoms with van der Waals surface area (Å²) < 4.78 is 2.79. The number of anilines is 2. The Balaban J connectivity index is 2.37. The number of rotatable bonds is 3. The van der Waals surface area contributed by atoms with Crippen LogP contribution in [0.3, 0.4) is 0 Å². The standard InChI is InChI=1S/C12H12BrCl2N3/c1-3-18-6-7(2)16-12(18)17-9-5-4-8(13)10(14)11(9)15/h4-6H,3H2,1-2H3,(H,16,17). The number of halogens is 3. The molecule has 0 aliphatic heterocycles. The maximum Gasteiger partial charge on any atom is 0.207 e. The fourth-order valence-corrected chi connectivity index (χ4v) is 2.45. The number of nitrogens with zero attached hydrogens (tertiary/aromatic N) is 2. The first kappa shape index (κ1) is 13.7. The summed E-state index contributed by atoms with van der Waals surface area (Å²) in [6, 6.07) is 3.71. The zero-order valence-corrected chi connectivity index (χ0v) is 13.1. The number of hydrogen-bond donors (Lipinski definition) is 1. The average molecular weight is 349 g/mol. The van der Waals surface area contributed by atoms with E-state index in [9.17, 15) is 0 Å². The average Bonchev–Trinajstić information content (AvgIpc) is 2.70. The van der Waals surface area contributed by atoms with Crippen LogP contribution in [0.4, 0.5) is 11.6 Å². The van der Waals surface area contributed by atoms with Gasteiger partial charge < -0.3 is 9.88 Å². The Morgan fingerprint density at radius 1 is 1.33 bits per heavy atom. The minimum absolute atomic E-state index is 0.481. The molecule has 1 aromatic heterocycles. The number of benzene rings is 1. The summed E-state index contributed by atoms with van der Waals surface area (Å²) in [5.41, 5.74) is 1.70. The first-order valence-corrected chi connectivity index (χ1v) is 7.02. The van der Waals surface area contributed by atoms with Crippen molar-refractivity contribution in [1.82, 2.24) is 9.55 Å². The lowest BCUT2D eigenvalue weighted by molar-refractivity contribution is 0.771. The Labute approximate surface area is 124 Å². The third-order valence-corrected chi connectivity index (χ3v) is 4.29. The summed E-state index contributed by atoms with van der Waals surface area (Å²) >= 11 is 15.6. The monoisotopic (exact) mass is 347 g/mol. The van der Waals surface area contributed by atoms with Crippen LogP contribution in [0.5, 0.6) is 0 Å². The van der Waals surface area contributed by atoms with E-state index in [2.05, 4.69) is 33.2 Å². The molecular formula is C12H12BrCl2N3. The quantitative estimate of drug-likeness (QED) is 0.789. The van der Waals surface area contributed by atoms with E-state index in [1.807, 2.05) is 29.8 Å². The largest absolute Gasteiger partial charge is 0.324 e. The van der Waals surface area contributed by atoms with E-state index in [0.29, 0.717) is 10.0 Å². The van der Waals surface area contributed by atoms with Gasteiger partial charge in [-0.3, -0.25) is 0 Å². The summed E-state index contributed by atoms with van der Waals surface area (Å²) in [5.74, 6) is 0.760. The van der Waals surface area contributed by atoms with Crippen molar-refractivity contribution >= 4 is 50.8 Å². The predicted octanol–water partition coefficient (Wildman–Crippen LogP) is 5.02. The van der Waals surface area contributed by atoms with Crippen molar-refractivity contribution in [2.45, 2.75) is 20.4 Å². The predicted molar refractivity (Wildman–Crippen MR) is 80.1 cm³/mol. The number of nitrogens with one attached hydrogen (secondary N) is 1. The molecule has 0 radical (unpaired) electrons. The lowest BCUT2D eigenvalue weighted by Gasteiger charge is -2.10. The highest BCUT2D eigenvalue weighted by atomic mass is 79.9. The van der Waals surface area contributed by atoms with Crippen LogP contribution >= 0.6 is 39.1 Å². The highest BCUT2D eigenvalue weighted by Gasteiger charge is 2.11. The van der Waals surface area contributed by atoms with E-state index in [-0.39, 0.29) is 0 Å². The first-order valence-electron chi connectivity index (χ1n) is 5.47. The maximum absolute atomic E-state index is 6.19. The molecule has 1 N–H and O–H groups in total. The van der Waals surface area contributed by atoms with Gasteiger partial charge in [-0.05, 0) is 41.9 Å². The molecule has 0 aliphatic rings. The number of hydrogen-bond acceptors (Lipinski definition) is 2. The lowest BCUT2D eigenvalue weighted by Crippen LogP contribution is -2.01. The molecule has 0 bridgehead atoms. The Morgan fingerprint density at radius 3 is 2.72 bits per heavy atom. The molecule has 0 saturated carbocycles.